The van der Waals surface area contributed by atoms with Gasteiger partial charge in [-0.2, -0.15) is 0 Å². The summed E-state index contributed by atoms with van der Waals surface area (Å²) < 4.78 is 11.1. The fourth-order valence-corrected chi connectivity index (χ4v) is 4.61. The number of rotatable bonds is 18. The van der Waals surface area contributed by atoms with Gasteiger partial charge in [0.05, 0.1) is 33.0 Å². The molecule has 0 atom stereocenters. The molecule has 0 unspecified atom stereocenters. The van der Waals surface area contributed by atoms with E-state index in [9.17, 15) is 14.7 Å². The van der Waals surface area contributed by atoms with Crippen LogP contribution in [0.3, 0.4) is 0 Å². The molecule has 51 heavy (non-hydrogen) atoms. The van der Waals surface area contributed by atoms with Gasteiger partial charge in [-0.25, -0.2) is 4.99 Å². The number of phenolic OH excluding ortho intramolecular Hbond substituents is 1. The maximum absolute atomic E-state index is 12.6. The first-order valence-electron chi connectivity index (χ1n) is 16.7. The number of amides is 2. The number of carbonyl (C=O) groups is 2. The number of hydrogen-bond acceptors (Lipinski definition) is 7. The summed E-state index contributed by atoms with van der Waals surface area (Å²) in [6.45, 7) is 8.74. The van der Waals surface area contributed by atoms with Gasteiger partial charge in [0.25, 0.3) is 11.8 Å². The van der Waals surface area contributed by atoms with Crippen molar-refractivity contribution in [3.8, 4) is 5.75 Å². The summed E-state index contributed by atoms with van der Waals surface area (Å²) >= 11 is 0. The first-order chi connectivity index (χ1) is 24.9. The maximum atomic E-state index is 12.6. The highest BCUT2D eigenvalue weighted by molar-refractivity contribution is 6.02. The van der Waals surface area contributed by atoms with Gasteiger partial charge in [0.1, 0.15) is 17.4 Å². The minimum atomic E-state index is -0.142. The van der Waals surface area contributed by atoms with Gasteiger partial charge in [0, 0.05) is 35.6 Å². The number of hydrogen-bond donors (Lipinski definition) is 6. The van der Waals surface area contributed by atoms with Crippen LogP contribution in [0.15, 0.2) is 132 Å². The third-order valence-corrected chi connectivity index (χ3v) is 7.17. The number of carbonyl (C=O) groups excluding carboxylic acids is 2. The second kappa shape index (κ2) is 21.2. The van der Waals surface area contributed by atoms with Crippen molar-refractivity contribution in [3.05, 3.63) is 138 Å². The van der Waals surface area contributed by atoms with Crippen molar-refractivity contribution >= 4 is 35.0 Å². The highest BCUT2D eigenvalue weighted by Gasteiger charge is 2.08. The number of amidine groups is 1. The Morgan fingerprint density at radius 2 is 1.25 bits per heavy atom. The van der Waals surface area contributed by atoms with Gasteiger partial charge in [-0.3, -0.25) is 14.6 Å². The van der Waals surface area contributed by atoms with Gasteiger partial charge in [-0.05, 0) is 79.6 Å². The minimum absolute atomic E-state index is 0.133. The number of anilines is 2. The van der Waals surface area contributed by atoms with Gasteiger partial charge in [-0.15, -0.1) is 0 Å². The smallest absolute Gasteiger partial charge is 0.251 e. The van der Waals surface area contributed by atoms with Crippen LogP contribution in [0, 0.1) is 0 Å². The van der Waals surface area contributed by atoms with E-state index in [1.165, 1.54) is 5.56 Å². The van der Waals surface area contributed by atoms with Crippen LogP contribution in [0.25, 0.3) is 0 Å². The molecule has 2 amide bonds. The largest absolute Gasteiger partial charge is 0.508 e. The molecule has 0 spiro atoms. The Kier molecular flexibility index (Phi) is 15.7. The van der Waals surface area contributed by atoms with Crippen molar-refractivity contribution in [1.29, 1.82) is 0 Å². The molecule has 0 aliphatic rings. The number of nitrogens with one attached hydrogen (secondary N) is 5. The zero-order chi connectivity index (χ0) is 36.1. The normalized spacial score (nSPS) is 11.4. The molecule has 4 rings (SSSR count). The van der Waals surface area contributed by atoms with Gasteiger partial charge >= 0.3 is 0 Å². The quantitative estimate of drug-likeness (QED) is 0.0361. The lowest BCUT2D eigenvalue weighted by molar-refractivity contribution is 0.0512. The summed E-state index contributed by atoms with van der Waals surface area (Å²) in [6.07, 6.45) is 0.757. The number of phenols is 1. The SMILES string of the molecule is C=C(NC(=NC(C)=NCCOCCOCCNC(=O)c1ccccc1)Nc1ccc(O)cc1)Nc1ccc(C(=O)NCCc2ccccc2)cc1. The standard InChI is InChI=1S/C39H45N7O5/c1-29(40-23-25-50-27-28-51-26-24-42-37(48)32-11-7-4-8-12-32)44-39(46-35-17-19-36(47)20-18-35)45-30(2)43-34-15-13-33(14-16-34)38(49)41-22-21-31-9-5-3-6-10-31/h3-20,43,47H,2,21-28H2,1H3,(H,41,49)(H,42,48)(H2,40,44,45,46). The number of benzene rings is 4. The molecule has 6 N–H and O–H groups in total. The van der Waals surface area contributed by atoms with Crippen molar-refractivity contribution in [1.82, 2.24) is 16.0 Å². The number of guanidine groups is 1. The Labute approximate surface area is 298 Å². The van der Waals surface area contributed by atoms with Crippen LogP contribution in [0.2, 0.25) is 0 Å². The van der Waals surface area contributed by atoms with Crippen molar-refractivity contribution in [2.45, 2.75) is 13.3 Å². The zero-order valence-corrected chi connectivity index (χ0v) is 28.7. The Morgan fingerprint density at radius 1 is 0.686 bits per heavy atom. The van der Waals surface area contributed by atoms with E-state index in [0.29, 0.717) is 80.5 Å². The van der Waals surface area contributed by atoms with Crippen molar-refractivity contribution in [2.75, 3.05) is 56.7 Å². The topological polar surface area (TPSA) is 158 Å². The lowest BCUT2D eigenvalue weighted by Crippen LogP contribution is -2.33. The van der Waals surface area contributed by atoms with E-state index in [1.807, 2.05) is 48.5 Å². The van der Waals surface area contributed by atoms with E-state index < -0.39 is 0 Å². The Hall–Kier alpha value is -5.98. The number of aromatic hydroxyl groups is 1. The first-order valence-corrected chi connectivity index (χ1v) is 16.7. The van der Waals surface area contributed by atoms with Crippen LogP contribution >= 0.6 is 0 Å². The average molecular weight is 692 g/mol. The molecule has 0 heterocycles. The number of ether oxygens (including phenoxy) is 2. The van der Waals surface area contributed by atoms with Crippen LogP contribution in [0.5, 0.6) is 5.75 Å². The van der Waals surface area contributed by atoms with Gasteiger partial charge in [0.2, 0.25) is 5.96 Å². The van der Waals surface area contributed by atoms with Gasteiger partial charge in [0.15, 0.2) is 0 Å². The predicted octanol–water partition coefficient (Wildman–Crippen LogP) is 5.19. The molecule has 0 aliphatic carbocycles. The van der Waals surface area contributed by atoms with Crippen LogP contribution in [0.1, 0.15) is 33.2 Å². The molecule has 0 saturated heterocycles. The molecule has 0 aliphatic heterocycles. The monoisotopic (exact) mass is 691 g/mol. The molecule has 0 saturated carbocycles. The van der Waals surface area contributed by atoms with Gasteiger partial charge in [-0.1, -0.05) is 55.1 Å². The molecule has 0 radical (unpaired) electrons. The maximum Gasteiger partial charge on any atom is 0.251 e. The van der Waals surface area contributed by atoms with Crippen LogP contribution in [-0.4, -0.2) is 74.8 Å². The van der Waals surface area contributed by atoms with Crippen molar-refractivity contribution in [3.63, 3.8) is 0 Å². The summed E-state index contributed by atoms with van der Waals surface area (Å²) in [6, 6.07) is 32.7. The van der Waals surface area contributed by atoms with Crippen LogP contribution in [0.4, 0.5) is 11.4 Å². The van der Waals surface area contributed by atoms with E-state index in [-0.39, 0.29) is 17.6 Å². The van der Waals surface area contributed by atoms with Crippen molar-refractivity contribution in [2.24, 2.45) is 9.98 Å². The van der Waals surface area contributed by atoms with E-state index >= 15 is 0 Å². The molecule has 12 heteroatoms. The molecule has 0 fully saturated rings. The summed E-state index contributed by atoms with van der Waals surface area (Å²) in [5.74, 6) is 1.14. The van der Waals surface area contributed by atoms with E-state index in [0.717, 1.165) is 12.1 Å². The fourth-order valence-electron chi connectivity index (χ4n) is 4.61. The van der Waals surface area contributed by atoms with Crippen molar-refractivity contribution < 1.29 is 24.2 Å². The molecular weight excluding hydrogens is 646 g/mol. The molecule has 0 bridgehead atoms. The predicted molar refractivity (Wildman–Crippen MR) is 202 cm³/mol. The summed E-state index contributed by atoms with van der Waals surface area (Å²) in [7, 11) is 0. The number of aliphatic imine (C=N–C) groups is 2. The second-order valence-electron chi connectivity index (χ2n) is 11.2. The second-order valence-corrected chi connectivity index (χ2v) is 11.2. The third-order valence-electron chi connectivity index (χ3n) is 7.17. The van der Waals surface area contributed by atoms with E-state index in [4.69, 9.17) is 9.47 Å². The molecule has 4 aromatic rings. The molecular formula is C39H45N7O5. The summed E-state index contributed by atoms with van der Waals surface area (Å²) in [4.78, 5) is 33.7. The lowest BCUT2D eigenvalue weighted by atomic mass is 10.1. The van der Waals surface area contributed by atoms with Crippen LogP contribution < -0.4 is 26.6 Å². The molecule has 266 valence electrons. The van der Waals surface area contributed by atoms with Crippen LogP contribution in [-0.2, 0) is 15.9 Å². The van der Waals surface area contributed by atoms with E-state index in [2.05, 4.69) is 43.1 Å². The Bertz CT molecular complexity index is 1730. The lowest BCUT2D eigenvalue weighted by Gasteiger charge is -2.16. The molecule has 0 aromatic heterocycles. The fraction of sp³-hybridized carbons (Fsp3) is 0.231. The highest BCUT2D eigenvalue weighted by Crippen LogP contribution is 2.15. The third kappa shape index (κ3) is 14.6. The van der Waals surface area contributed by atoms with E-state index in [1.54, 1.807) is 67.6 Å². The molecule has 12 nitrogen and oxygen atoms in total. The summed E-state index contributed by atoms with van der Waals surface area (Å²) in [5, 5.41) is 24.9. The summed E-state index contributed by atoms with van der Waals surface area (Å²) in [5.41, 5.74) is 3.74. The highest BCUT2D eigenvalue weighted by atomic mass is 16.5. The number of nitrogens with zero attached hydrogens (tertiary/aromatic N) is 2. The minimum Gasteiger partial charge on any atom is -0.508 e. The zero-order valence-electron chi connectivity index (χ0n) is 28.7. The Morgan fingerprint density at radius 3 is 1.94 bits per heavy atom. The Balaban J connectivity index is 1.19. The average Bonchev–Trinajstić information content (AvgIpc) is 3.14. The first kappa shape index (κ1) is 37.8. The van der Waals surface area contributed by atoms with Gasteiger partial charge < -0.3 is 41.2 Å². The molecule has 4 aromatic carbocycles.